The summed E-state index contributed by atoms with van der Waals surface area (Å²) in [7, 11) is 0. The standard InChI is InChI=1S/C17H25N3O5/c1-3-10(2)15(20-14(22)9-18)16(23)19-13(17(24)25)8-11-4-6-12(21)7-5-11/h4-7,10,13,15,21H,3,8-9,18H2,1-2H3,(H,19,23)(H,20,22)(H,24,25). The minimum Gasteiger partial charge on any atom is -0.508 e. The van der Waals surface area contributed by atoms with Gasteiger partial charge >= 0.3 is 5.97 Å². The molecule has 1 aromatic carbocycles. The first kappa shape index (κ1) is 20.4. The van der Waals surface area contributed by atoms with Crippen LogP contribution in [0.15, 0.2) is 24.3 Å². The van der Waals surface area contributed by atoms with Gasteiger partial charge in [0.2, 0.25) is 11.8 Å². The number of aromatic hydroxyl groups is 1. The first-order valence-corrected chi connectivity index (χ1v) is 8.09. The maximum atomic E-state index is 12.5. The average Bonchev–Trinajstić information content (AvgIpc) is 2.59. The van der Waals surface area contributed by atoms with Crippen LogP contribution in [0.3, 0.4) is 0 Å². The molecule has 0 bridgehead atoms. The zero-order chi connectivity index (χ0) is 19.0. The Morgan fingerprint density at radius 3 is 2.24 bits per heavy atom. The Kier molecular flexibility index (Phi) is 7.87. The molecule has 6 N–H and O–H groups in total. The molecule has 0 saturated heterocycles. The molecule has 0 heterocycles. The second-order valence-electron chi connectivity index (χ2n) is 5.90. The van der Waals surface area contributed by atoms with Gasteiger partial charge in [0.25, 0.3) is 0 Å². The fourth-order valence-electron chi connectivity index (χ4n) is 2.26. The van der Waals surface area contributed by atoms with Crippen molar-refractivity contribution < 1.29 is 24.6 Å². The van der Waals surface area contributed by atoms with Crippen LogP contribution in [-0.4, -0.2) is 46.6 Å². The number of hydrogen-bond donors (Lipinski definition) is 5. The van der Waals surface area contributed by atoms with E-state index in [4.69, 9.17) is 5.73 Å². The lowest BCUT2D eigenvalue weighted by Gasteiger charge is -2.25. The molecule has 1 aromatic rings. The second-order valence-corrected chi connectivity index (χ2v) is 5.90. The van der Waals surface area contributed by atoms with Gasteiger partial charge in [0.15, 0.2) is 0 Å². The SMILES string of the molecule is CCC(C)C(NC(=O)CN)C(=O)NC(Cc1ccc(O)cc1)C(=O)O. The Hall–Kier alpha value is -2.61. The van der Waals surface area contributed by atoms with E-state index in [1.54, 1.807) is 19.1 Å². The number of carboxylic acids is 1. The molecule has 138 valence electrons. The van der Waals surface area contributed by atoms with Crippen molar-refractivity contribution in [2.75, 3.05) is 6.54 Å². The lowest BCUT2D eigenvalue weighted by atomic mass is 9.97. The number of carbonyl (C=O) groups is 3. The molecule has 0 aliphatic carbocycles. The van der Waals surface area contributed by atoms with Crippen LogP contribution in [0, 0.1) is 5.92 Å². The summed E-state index contributed by atoms with van der Waals surface area (Å²) in [6.07, 6.45) is 0.679. The third-order valence-electron chi connectivity index (χ3n) is 3.99. The van der Waals surface area contributed by atoms with Crippen molar-refractivity contribution in [2.24, 2.45) is 11.7 Å². The number of phenols is 1. The maximum absolute atomic E-state index is 12.5. The van der Waals surface area contributed by atoms with Crippen molar-refractivity contribution in [1.29, 1.82) is 0 Å². The van der Waals surface area contributed by atoms with Crippen LogP contribution in [0.2, 0.25) is 0 Å². The fraction of sp³-hybridized carbons (Fsp3) is 0.471. The minimum atomic E-state index is -1.19. The molecule has 8 nitrogen and oxygen atoms in total. The molecule has 2 amide bonds. The highest BCUT2D eigenvalue weighted by atomic mass is 16.4. The molecular weight excluding hydrogens is 326 g/mol. The largest absolute Gasteiger partial charge is 0.508 e. The predicted molar refractivity (Wildman–Crippen MR) is 91.8 cm³/mol. The molecule has 3 atom stereocenters. The quantitative estimate of drug-likeness (QED) is 0.424. The monoisotopic (exact) mass is 351 g/mol. The normalized spacial score (nSPS) is 14.2. The van der Waals surface area contributed by atoms with Gasteiger partial charge in [0, 0.05) is 6.42 Å². The van der Waals surface area contributed by atoms with Gasteiger partial charge in [-0.05, 0) is 23.6 Å². The third kappa shape index (κ3) is 6.42. The van der Waals surface area contributed by atoms with Crippen molar-refractivity contribution in [3.8, 4) is 5.75 Å². The first-order valence-electron chi connectivity index (χ1n) is 8.09. The smallest absolute Gasteiger partial charge is 0.326 e. The molecule has 0 saturated carbocycles. The van der Waals surface area contributed by atoms with E-state index < -0.39 is 29.9 Å². The fourth-order valence-corrected chi connectivity index (χ4v) is 2.26. The van der Waals surface area contributed by atoms with Crippen molar-refractivity contribution >= 4 is 17.8 Å². The highest BCUT2D eigenvalue weighted by Crippen LogP contribution is 2.13. The van der Waals surface area contributed by atoms with Crippen LogP contribution < -0.4 is 16.4 Å². The Balaban J connectivity index is 2.86. The number of carbonyl (C=O) groups excluding carboxylic acids is 2. The van der Waals surface area contributed by atoms with Crippen LogP contribution in [0.25, 0.3) is 0 Å². The van der Waals surface area contributed by atoms with Crippen molar-refractivity contribution in [3.05, 3.63) is 29.8 Å². The summed E-state index contributed by atoms with van der Waals surface area (Å²) in [5.41, 5.74) is 5.92. The van der Waals surface area contributed by atoms with Gasteiger partial charge in [-0.3, -0.25) is 9.59 Å². The van der Waals surface area contributed by atoms with E-state index in [2.05, 4.69) is 10.6 Å². The van der Waals surface area contributed by atoms with E-state index in [9.17, 15) is 24.6 Å². The Morgan fingerprint density at radius 1 is 1.16 bits per heavy atom. The van der Waals surface area contributed by atoms with Crippen LogP contribution >= 0.6 is 0 Å². The maximum Gasteiger partial charge on any atom is 0.326 e. The molecule has 0 aliphatic rings. The van der Waals surface area contributed by atoms with Gasteiger partial charge in [0.05, 0.1) is 6.54 Å². The molecule has 3 unspecified atom stereocenters. The molecule has 8 heteroatoms. The highest BCUT2D eigenvalue weighted by molar-refractivity contribution is 5.91. The molecular formula is C17H25N3O5. The number of benzene rings is 1. The summed E-state index contributed by atoms with van der Waals surface area (Å²) in [6, 6.07) is 4.04. The number of rotatable bonds is 9. The van der Waals surface area contributed by atoms with Crippen molar-refractivity contribution in [3.63, 3.8) is 0 Å². The summed E-state index contributed by atoms with van der Waals surface area (Å²) in [6.45, 7) is 3.40. The number of carboxylic acid groups (broad SMARTS) is 1. The molecule has 0 aliphatic heterocycles. The molecule has 0 spiro atoms. The minimum absolute atomic E-state index is 0.0550. The molecule has 25 heavy (non-hydrogen) atoms. The molecule has 1 rings (SSSR count). The van der Waals surface area contributed by atoms with Gasteiger partial charge in [-0.15, -0.1) is 0 Å². The van der Waals surface area contributed by atoms with Gasteiger partial charge < -0.3 is 26.6 Å². The number of phenolic OH excluding ortho intramolecular Hbond substituents is 1. The lowest BCUT2D eigenvalue weighted by Crippen LogP contribution is -2.55. The number of aliphatic carboxylic acids is 1. The zero-order valence-electron chi connectivity index (χ0n) is 14.4. The lowest BCUT2D eigenvalue weighted by molar-refractivity contribution is -0.142. The number of nitrogens with two attached hydrogens (primary N) is 1. The van der Waals surface area contributed by atoms with E-state index >= 15 is 0 Å². The van der Waals surface area contributed by atoms with E-state index in [1.165, 1.54) is 12.1 Å². The van der Waals surface area contributed by atoms with Crippen molar-refractivity contribution in [1.82, 2.24) is 10.6 Å². The second kappa shape index (κ2) is 9.63. The van der Waals surface area contributed by atoms with Crippen molar-refractivity contribution in [2.45, 2.75) is 38.8 Å². The van der Waals surface area contributed by atoms with E-state index in [-0.39, 0.29) is 24.6 Å². The van der Waals surface area contributed by atoms with Crippen LogP contribution in [0.4, 0.5) is 0 Å². The molecule has 0 radical (unpaired) electrons. The van der Waals surface area contributed by atoms with Gasteiger partial charge in [-0.25, -0.2) is 4.79 Å². The van der Waals surface area contributed by atoms with Crippen LogP contribution in [-0.2, 0) is 20.8 Å². The predicted octanol–water partition coefficient (Wildman–Crippen LogP) is -0.00630. The summed E-state index contributed by atoms with van der Waals surface area (Å²) in [4.78, 5) is 35.5. The Bertz CT molecular complexity index is 603. The molecule has 0 aromatic heterocycles. The van der Waals surface area contributed by atoms with Gasteiger partial charge in [-0.2, -0.15) is 0 Å². The van der Waals surface area contributed by atoms with Gasteiger partial charge in [-0.1, -0.05) is 32.4 Å². The third-order valence-corrected chi connectivity index (χ3v) is 3.99. The summed E-state index contributed by atoms with van der Waals surface area (Å²) in [5.74, 6) is -2.35. The zero-order valence-corrected chi connectivity index (χ0v) is 14.4. The number of hydrogen-bond acceptors (Lipinski definition) is 5. The Labute approximate surface area is 146 Å². The van der Waals surface area contributed by atoms with Gasteiger partial charge in [0.1, 0.15) is 17.8 Å². The summed E-state index contributed by atoms with van der Waals surface area (Å²) < 4.78 is 0. The Morgan fingerprint density at radius 2 is 1.76 bits per heavy atom. The van der Waals surface area contributed by atoms with E-state index in [0.717, 1.165) is 0 Å². The molecule has 0 fully saturated rings. The van der Waals surface area contributed by atoms with Crippen LogP contribution in [0.1, 0.15) is 25.8 Å². The summed E-state index contributed by atoms with van der Waals surface area (Å²) >= 11 is 0. The average molecular weight is 351 g/mol. The highest BCUT2D eigenvalue weighted by Gasteiger charge is 2.29. The number of nitrogens with one attached hydrogen (secondary N) is 2. The number of amides is 2. The van der Waals surface area contributed by atoms with E-state index in [1.807, 2.05) is 6.92 Å². The summed E-state index contributed by atoms with van der Waals surface area (Å²) in [5, 5.41) is 23.6. The van der Waals surface area contributed by atoms with E-state index in [0.29, 0.717) is 12.0 Å². The van der Waals surface area contributed by atoms with Crippen LogP contribution in [0.5, 0.6) is 5.75 Å². The first-order chi connectivity index (χ1) is 11.8. The topological polar surface area (TPSA) is 142 Å².